The highest BCUT2D eigenvalue weighted by Crippen LogP contribution is 2.27. The lowest BCUT2D eigenvalue weighted by atomic mass is 10.2. The van der Waals surface area contributed by atoms with E-state index in [-0.39, 0.29) is 11.5 Å². The Kier molecular flexibility index (Phi) is 4.98. The summed E-state index contributed by atoms with van der Waals surface area (Å²) in [7, 11) is -3.79. The fourth-order valence-electron chi connectivity index (χ4n) is 1.89. The first-order valence-corrected chi connectivity index (χ1v) is 8.10. The van der Waals surface area contributed by atoms with Gasteiger partial charge in [0.1, 0.15) is 17.3 Å². The molecule has 0 spiro atoms. The molecule has 0 saturated carbocycles. The van der Waals surface area contributed by atoms with Crippen molar-refractivity contribution in [1.29, 1.82) is 0 Å². The second kappa shape index (κ2) is 6.74. The van der Waals surface area contributed by atoms with Gasteiger partial charge in [0, 0.05) is 0 Å². The number of benzene rings is 2. The minimum atomic E-state index is -3.79. The summed E-state index contributed by atoms with van der Waals surface area (Å²) in [4.78, 5) is 0.0610. The molecule has 0 aromatic heterocycles. The van der Waals surface area contributed by atoms with Crippen molar-refractivity contribution in [3.8, 4) is 5.75 Å². The standard InChI is InChI=1S/C16H18O4S/c1-3-20-21(17,18)16-10-9-13(2)11-15(16)19-12-14-7-5-4-6-8-14/h4-11H,3,12H2,1-2H3. The summed E-state index contributed by atoms with van der Waals surface area (Å²) >= 11 is 0. The second-order valence-electron chi connectivity index (χ2n) is 4.59. The molecule has 2 aromatic carbocycles. The Bertz CT molecular complexity index is 693. The van der Waals surface area contributed by atoms with Crippen LogP contribution >= 0.6 is 0 Å². The van der Waals surface area contributed by atoms with Gasteiger partial charge in [0.2, 0.25) is 0 Å². The van der Waals surface area contributed by atoms with Crippen molar-refractivity contribution in [3.63, 3.8) is 0 Å². The number of hydrogen-bond acceptors (Lipinski definition) is 4. The number of aryl methyl sites for hydroxylation is 1. The maximum Gasteiger partial charge on any atom is 0.300 e. The molecule has 0 aliphatic heterocycles. The van der Waals surface area contributed by atoms with Gasteiger partial charge in [-0.05, 0) is 37.1 Å². The Morgan fingerprint density at radius 2 is 1.76 bits per heavy atom. The van der Waals surface area contributed by atoms with Crippen LogP contribution < -0.4 is 4.74 Å². The van der Waals surface area contributed by atoms with Crippen molar-refractivity contribution in [2.45, 2.75) is 25.3 Å². The zero-order valence-electron chi connectivity index (χ0n) is 12.1. The zero-order chi connectivity index (χ0) is 15.3. The van der Waals surface area contributed by atoms with Crippen LogP contribution in [0.1, 0.15) is 18.1 Å². The van der Waals surface area contributed by atoms with Crippen molar-refractivity contribution in [2.75, 3.05) is 6.61 Å². The lowest BCUT2D eigenvalue weighted by Crippen LogP contribution is -2.09. The molecule has 112 valence electrons. The maximum absolute atomic E-state index is 12.1. The van der Waals surface area contributed by atoms with E-state index in [4.69, 9.17) is 8.92 Å². The SMILES string of the molecule is CCOS(=O)(=O)c1ccc(C)cc1OCc1ccccc1. The number of hydrogen-bond donors (Lipinski definition) is 0. The molecule has 0 heterocycles. The molecule has 0 aliphatic rings. The fourth-order valence-corrected chi connectivity index (χ4v) is 2.92. The molecule has 0 atom stereocenters. The van der Waals surface area contributed by atoms with Crippen LogP contribution in [0.2, 0.25) is 0 Å². The smallest absolute Gasteiger partial charge is 0.300 e. The molecule has 0 saturated heterocycles. The highest BCUT2D eigenvalue weighted by molar-refractivity contribution is 7.86. The van der Waals surface area contributed by atoms with E-state index < -0.39 is 10.1 Å². The first-order chi connectivity index (χ1) is 10.0. The summed E-state index contributed by atoms with van der Waals surface area (Å²) in [6.07, 6.45) is 0. The zero-order valence-corrected chi connectivity index (χ0v) is 12.9. The predicted octanol–water partition coefficient (Wildman–Crippen LogP) is 3.30. The highest BCUT2D eigenvalue weighted by atomic mass is 32.2. The summed E-state index contributed by atoms with van der Waals surface area (Å²) in [5, 5.41) is 0. The molecule has 0 aliphatic carbocycles. The first kappa shape index (κ1) is 15.5. The topological polar surface area (TPSA) is 52.6 Å². The van der Waals surface area contributed by atoms with E-state index in [0.29, 0.717) is 12.4 Å². The average molecular weight is 306 g/mol. The van der Waals surface area contributed by atoms with Gasteiger partial charge in [-0.15, -0.1) is 0 Å². The van der Waals surface area contributed by atoms with Crippen LogP contribution in [0.25, 0.3) is 0 Å². The molecule has 0 amide bonds. The third kappa shape index (κ3) is 4.06. The molecule has 0 radical (unpaired) electrons. The molecule has 0 N–H and O–H groups in total. The van der Waals surface area contributed by atoms with E-state index in [1.165, 1.54) is 6.07 Å². The third-order valence-corrected chi connectivity index (χ3v) is 4.30. The van der Waals surface area contributed by atoms with Gasteiger partial charge in [0.25, 0.3) is 0 Å². The molecule has 2 aromatic rings. The van der Waals surface area contributed by atoms with Crippen molar-refractivity contribution in [2.24, 2.45) is 0 Å². The van der Waals surface area contributed by atoms with Gasteiger partial charge in [0.05, 0.1) is 6.61 Å². The monoisotopic (exact) mass is 306 g/mol. The normalized spacial score (nSPS) is 11.3. The summed E-state index contributed by atoms with van der Waals surface area (Å²) in [5.41, 5.74) is 1.90. The Morgan fingerprint density at radius 3 is 2.43 bits per heavy atom. The van der Waals surface area contributed by atoms with E-state index in [1.54, 1.807) is 19.1 Å². The summed E-state index contributed by atoms with van der Waals surface area (Å²) in [6.45, 7) is 3.91. The van der Waals surface area contributed by atoms with Crippen LogP contribution in [0, 0.1) is 6.92 Å². The molecule has 4 nitrogen and oxygen atoms in total. The van der Waals surface area contributed by atoms with Crippen LogP contribution in [0.15, 0.2) is 53.4 Å². The van der Waals surface area contributed by atoms with Crippen molar-refractivity contribution < 1.29 is 17.3 Å². The van der Waals surface area contributed by atoms with Crippen LogP contribution in [-0.2, 0) is 20.9 Å². The van der Waals surface area contributed by atoms with Crippen molar-refractivity contribution in [1.82, 2.24) is 0 Å². The van der Waals surface area contributed by atoms with Gasteiger partial charge in [-0.1, -0.05) is 36.4 Å². The van der Waals surface area contributed by atoms with Gasteiger partial charge >= 0.3 is 10.1 Å². The predicted molar refractivity (Wildman–Crippen MR) is 80.8 cm³/mol. The molecule has 2 rings (SSSR count). The number of rotatable bonds is 6. The number of ether oxygens (including phenoxy) is 1. The lowest BCUT2D eigenvalue weighted by Gasteiger charge is -2.12. The summed E-state index contributed by atoms with van der Waals surface area (Å²) in [6, 6.07) is 14.5. The Balaban J connectivity index is 2.28. The van der Waals surface area contributed by atoms with Crippen LogP contribution in [0.4, 0.5) is 0 Å². The van der Waals surface area contributed by atoms with Crippen LogP contribution in [0.5, 0.6) is 5.75 Å². The van der Waals surface area contributed by atoms with Crippen LogP contribution in [0.3, 0.4) is 0 Å². The fraction of sp³-hybridized carbons (Fsp3) is 0.250. The van der Waals surface area contributed by atoms with Crippen molar-refractivity contribution >= 4 is 10.1 Å². The third-order valence-electron chi connectivity index (χ3n) is 2.88. The van der Waals surface area contributed by atoms with Crippen molar-refractivity contribution in [3.05, 3.63) is 59.7 Å². The van der Waals surface area contributed by atoms with Crippen LogP contribution in [-0.4, -0.2) is 15.0 Å². The highest BCUT2D eigenvalue weighted by Gasteiger charge is 2.20. The van der Waals surface area contributed by atoms with Gasteiger partial charge in [-0.25, -0.2) is 0 Å². The largest absolute Gasteiger partial charge is 0.487 e. The maximum atomic E-state index is 12.1. The molecular formula is C16H18O4S. The molecule has 21 heavy (non-hydrogen) atoms. The van der Waals surface area contributed by atoms with E-state index in [1.807, 2.05) is 37.3 Å². The molecular weight excluding hydrogens is 288 g/mol. The summed E-state index contributed by atoms with van der Waals surface area (Å²) < 4.78 is 34.7. The van der Waals surface area contributed by atoms with E-state index >= 15 is 0 Å². The summed E-state index contributed by atoms with van der Waals surface area (Å²) in [5.74, 6) is 0.312. The van der Waals surface area contributed by atoms with E-state index in [2.05, 4.69) is 0 Å². The van der Waals surface area contributed by atoms with Gasteiger partial charge < -0.3 is 4.74 Å². The quantitative estimate of drug-likeness (QED) is 0.768. The Hall–Kier alpha value is -1.85. The van der Waals surface area contributed by atoms with E-state index in [9.17, 15) is 8.42 Å². The van der Waals surface area contributed by atoms with Gasteiger partial charge in [-0.3, -0.25) is 4.18 Å². The van der Waals surface area contributed by atoms with Gasteiger partial charge in [0.15, 0.2) is 0 Å². The lowest BCUT2D eigenvalue weighted by molar-refractivity contribution is 0.291. The Labute approximate surface area is 125 Å². The molecule has 0 unspecified atom stereocenters. The Morgan fingerprint density at radius 1 is 1.05 bits per heavy atom. The molecule has 5 heteroatoms. The minimum absolute atomic E-state index is 0.0610. The average Bonchev–Trinajstić information content (AvgIpc) is 2.46. The minimum Gasteiger partial charge on any atom is -0.487 e. The second-order valence-corrected chi connectivity index (χ2v) is 6.17. The van der Waals surface area contributed by atoms with E-state index in [0.717, 1.165) is 11.1 Å². The van der Waals surface area contributed by atoms with Gasteiger partial charge in [-0.2, -0.15) is 8.42 Å². The molecule has 0 bridgehead atoms. The molecule has 0 fully saturated rings. The first-order valence-electron chi connectivity index (χ1n) is 6.69.